The van der Waals surface area contributed by atoms with Crippen LogP contribution in [-0.4, -0.2) is 54.9 Å². The van der Waals surface area contributed by atoms with Gasteiger partial charge in [0.05, 0.1) is 0 Å². The highest BCUT2D eigenvalue weighted by molar-refractivity contribution is 5.81. The van der Waals surface area contributed by atoms with Gasteiger partial charge in [-0.25, -0.2) is 4.98 Å². The van der Waals surface area contributed by atoms with E-state index in [2.05, 4.69) is 22.9 Å². The van der Waals surface area contributed by atoms with E-state index in [0.717, 1.165) is 24.5 Å². The van der Waals surface area contributed by atoms with Gasteiger partial charge in [0.15, 0.2) is 17.6 Å². The predicted octanol–water partition coefficient (Wildman–Crippen LogP) is 2.23. The second-order valence-electron chi connectivity index (χ2n) is 6.73. The quantitative estimate of drug-likeness (QED) is 0.824. The summed E-state index contributed by atoms with van der Waals surface area (Å²) in [5.74, 6) is 2.93. The molecule has 7 nitrogen and oxygen atoms in total. The van der Waals surface area contributed by atoms with Gasteiger partial charge in [0.1, 0.15) is 11.6 Å². The molecule has 7 heteroatoms. The second kappa shape index (κ2) is 7.34. The maximum Gasteiger partial charge on any atom is 0.263 e. The molecule has 1 aromatic heterocycles. The molecule has 0 unspecified atom stereocenters. The minimum Gasteiger partial charge on any atom is -0.481 e. The number of anilines is 1. The monoisotopic (exact) mass is 369 g/mol. The SMILES string of the molecule is Cc1cccnc1N1CCN(C(=O)[C@@H](C)Oc2ccc3c(c2)OCO3)CC1. The number of aryl methyl sites for hydroxylation is 1. The van der Waals surface area contributed by atoms with Gasteiger partial charge in [-0.1, -0.05) is 6.07 Å². The van der Waals surface area contributed by atoms with E-state index in [1.54, 1.807) is 31.3 Å². The summed E-state index contributed by atoms with van der Waals surface area (Å²) in [6, 6.07) is 9.34. The number of hydrogen-bond donors (Lipinski definition) is 0. The van der Waals surface area contributed by atoms with Gasteiger partial charge in [-0.05, 0) is 37.6 Å². The first-order valence-corrected chi connectivity index (χ1v) is 9.13. The normalized spacial score (nSPS) is 17.0. The van der Waals surface area contributed by atoms with Crippen LogP contribution in [0.4, 0.5) is 5.82 Å². The average molecular weight is 369 g/mol. The fourth-order valence-corrected chi connectivity index (χ4v) is 3.41. The molecule has 2 aliphatic rings. The summed E-state index contributed by atoms with van der Waals surface area (Å²) in [5, 5.41) is 0. The van der Waals surface area contributed by atoms with Crippen LogP contribution in [0.5, 0.6) is 17.2 Å². The van der Waals surface area contributed by atoms with Crippen molar-refractivity contribution in [1.82, 2.24) is 9.88 Å². The Labute approximate surface area is 158 Å². The van der Waals surface area contributed by atoms with E-state index < -0.39 is 6.10 Å². The number of hydrogen-bond acceptors (Lipinski definition) is 6. The number of nitrogens with zero attached hydrogens (tertiary/aromatic N) is 3. The van der Waals surface area contributed by atoms with Crippen LogP contribution in [0.15, 0.2) is 36.5 Å². The maximum atomic E-state index is 12.8. The number of fused-ring (bicyclic) bond motifs is 1. The lowest BCUT2D eigenvalue weighted by Crippen LogP contribution is -2.52. The molecule has 0 N–H and O–H groups in total. The van der Waals surface area contributed by atoms with Gasteiger partial charge in [0.2, 0.25) is 6.79 Å². The third kappa shape index (κ3) is 3.63. The summed E-state index contributed by atoms with van der Waals surface area (Å²) in [4.78, 5) is 21.3. The minimum absolute atomic E-state index is 0.00920. The molecular weight excluding hydrogens is 346 g/mol. The van der Waals surface area contributed by atoms with E-state index in [-0.39, 0.29) is 12.7 Å². The predicted molar refractivity (Wildman–Crippen MR) is 100 cm³/mol. The molecule has 1 fully saturated rings. The van der Waals surface area contributed by atoms with Crippen LogP contribution >= 0.6 is 0 Å². The third-order valence-electron chi connectivity index (χ3n) is 4.88. The highest BCUT2D eigenvalue weighted by Crippen LogP contribution is 2.35. The van der Waals surface area contributed by atoms with Gasteiger partial charge < -0.3 is 24.0 Å². The summed E-state index contributed by atoms with van der Waals surface area (Å²) >= 11 is 0. The molecule has 0 spiro atoms. The lowest BCUT2D eigenvalue weighted by Gasteiger charge is -2.37. The average Bonchev–Trinajstić information content (AvgIpc) is 3.16. The smallest absolute Gasteiger partial charge is 0.263 e. The first-order chi connectivity index (χ1) is 13.1. The fourth-order valence-electron chi connectivity index (χ4n) is 3.41. The molecule has 0 aliphatic carbocycles. The van der Waals surface area contributed by atoms with Crippen molar-refractivity contribution in [3.8, 4) is 17.2 Å². The van der Waals surface area contributed by atoms with Crippen LogP contribution < -0.4 is 19.1 Å². The number of benzene rings is 1. The molecule has 4 rings (SSSR count). The lowest BCUT2D eigenvalue weighted by atomic mass is 10.2. The van der Waals surface area contributed by atoms with E-state index in [0.29, 0.717) is 30.3 Å². The van der Waals surface area contributed by atoms with Crippen LogP contribution in [0.1, 0.15) is 12.5 Å². The number of amides is 1. The standard InChI is InChI=1S/C20H23N3O4/c1-14-4-3-7-21-19(14)22-8-10-23(11-9-22)20(24)15(2)27-16-5-6-17-18(12-16)26-13-25-17/h3-7,12,15H,8-11,13H2,1-2H3/t15-/m1/s1. The molecule has 1 aromatic carbocycles. The summed E-state index contributed by atoms with van der Waals surface area (Å²) in [5.41, 5.74) is 1.15. The Balaban J connectivity index is 1.34. The van der Waals surface area contributed by atoms with Crippen molar-refractivity contribution in [3.05, 3.63) is 42.1 Å². The van der Waals surface area contributed by atoms with Crippen molar-refractivity contribution >= 4 is 11.7 Å². The highest BCUT2D eigenvalue weighted by atomic mass is 16.7. The van der Waals surface area contributed by atoms with Crippen LogP contribution in [0.2, 0.25) is 0 Å². The van der Waals surface area contributed by atoms with Gasteiger partial charge in [-0.2, -0.15) is 0 Å². The molecule has 0 radical (unpaired) electrons. The zero-order valence-electron chi connectivity index (χ0n) is 15.6. The van der Waals surface area contributed by atoms with Crippen LogP contribution in [-0.2, 0) is 4.79 Å². The lowest BCUT2D eigenvalue weighted by molar-refractivity contribution is -0.138. The van der Waals surface area contributed by atoms with Crippen molar-refractivity contribution in [1.29, 1.82) is 0 Å². The number of aromatic nitrogens is 1. The summed E-state index contributed by atoms with van der Waals surface area (Å²) < 4.78 is 16.5. The van der Waals surface area contributed by atoms with Gasteiger partial charge in [-0.3, -0.25) is 4.79 Å². The van der Waals surface area contributed by atoms with Crippen molar-refractivity contribution in [2.75, 3.05) is 37.9 Å². The first kappa shape index (κ1) is 17.5. The second-order valence-corrected chi connectivity index (χ2v) is 6.73. The largest absolute Gasteiger partial charge is 0.481 e. The van der Waals surface area contributed by atoms with E-state index in [4.69, 9.17) is 14.2 Å². The molecule has 1 amide bonds. The van der Waals surface area contributed by atoms with Crippen molar-refractivity contribution in [2.24, 2.45) is 0 Å². The fraction of sp³-hybridized carbons (Fsp3) is 0.400. The Hall–Kier alpha value is -2.96. The number of ether oxygens (including phenoxy) is 3. The topological polar surface area (TPSA) is 64.1 Å². The Morgan fingerprint density at radius 2 is 1.93 bits per heavy atom. The summed E-state index contributed by atoms with van der Waals surface area (Å²) in [6.07, 6.45) is 1.25. The van der Waals surface area contributed by atoms with Crippen LogP contribution in [0.25, 0.3) is 0 Å². The Morgan fingerprint density at radius 1 is 1.15 bits per heavy atom. The summed E-state index contributed by atoms with van der Waals surface area (Å²) in [6.45, 7) is 6.89. The molecule has 0 saturated carbocycles. The highest BCUT2D eigenvalue weighted by Gasteiger charge is 2.27. The molecule has 2 aliphatic heterocycles. The molecule has 27 heavy (non-hydrogen) atoms. The van der Waals surface area contributed by atoms with Crippen molar-refractivity contribution in [3.63, 3.8) is 0 Å². The third-order valence-corrected chi connectivity index (χ3v) is 4.88. The molecule has 1 atom stereocenters. The Bertz CT molecular complexity index is 834. The van der Waals surface area contributed by atoms with Crippen LogP contribution in [0, 0.1) is 6.92 Å². The van der Waals surface area contributed by atoms with Crippen molar-refractivity contribution in [2.45, 2.75) is 20.0 Å². The zero-order chi connectivity index (χ0) is 18.8. The molecule has 142 valence electrons. The molecule has 1 saturated heterocycles. The molecule has 2 aromatic rings. The summed E-state index contributed by atoms with van der Waals surface area (Å²) in [7, 11) is 0. The van der Waals surface area contributed by atoms with Gasteiger partial charge >= 0.3 is 0 Å². The van der Waals surface area contributed by atoms with Gasteiger partial charge in [-0.15, -0.1) is 0 Å². The number of rotatable bonds is 4. The zero-order valence-corrected chi connectivity index (χ0v) is 15.6. The number of carbonyl (C=O) groups is 1. The Morgan fingerprint density at radius 3 is 2.70 bits per heavy atom. The van der Waals surface area contributed by atoms with E-state index in [1.807, 2.05) is 11.0 Å². The number of carbonyl (C=O) groups excluding carboxylic acids is 1. The molecular formula is C20H23N3O4. The molecule has 0 bridgehead atoms. The maximum absolute atomic E-state index is 12.8. The van der Waals surface area contributed by atoms with E-state index >= 15 is 0 Å². The Kier molecular flexibility index (Phi) is 4.75. The van der Waals surface area contributed by atoms with E-state index in [1.165, 1.54) is 0 Å². The number of pyridine rings is 1. The molecule has 3 heterocycles. The number of piperazine rings is 1. The first-order valence-electron chi connectivity index (χ1n) is 9.13. The van der Waals surface area contributed by atoms with Gasteiger partial charge in [0, 0.05) is 38.4 Å². The van der Waals surface area contributed by atoms with Gasteiger partial charge in [0.25, 0.3) is 5.91 Å². The van der Waals surface area contributed by atoms with E-state index in [9.17, 15) is 4.79 Å². The van der Waals surface area contributed by atoms with Crippen molar-refractivity contribution < 1.29 is 19.0 Å². The minimum atomic E-state index is -0.562. The van der Waals surface area contributed by atoms with Crippen LogP contribution in [0.3, 0.4) is 0 Å².